The van der Waals surface area contributed by atoms with Crippen LogP contribution in [0.3, 0.4) is 0 Å². The molecule has 0 aliphatic carbocycles. The summed E-state index contributed by atoms with van der Waals surface area (Å²) < 4.78 is 29.5. The van der Waals surface area contributed by atoms with Crippen molar-refractivity contribution < 1.29 is 33.3 Å². The topological polar surface area (TPSA) is 117 Å². The molecule has 2 N–H and O–H groups in total. The van der Waals surface area contributed by atoms with Crippen molar-refractivity contribution in [2.24, 2.45) is 0 Å². The highest BCUT2D eigenvalue weighted by molar-refractivity contribution is 7.13. The molecule has 1 aromatic rings. The van der Waals surface area contributed by atoms with Crippen LogP contribution < -0.4 is 10.6 Å². The average molecular weight is 427 g/mol. The number of ether oxygens (including phenoxy) is 5. The molecular weight excluding hydrogens is 402 g/mol. The molecule has 10 nitrogen and oxygen atoms in total. The van der Waals surface area contributed by atoms with Crippen LogP contribution in [0.25, 0.3) is 0 Å². The van der Waals surface area contributed by atoms with Gasteiger partial charge in [-0.25, -0.2) is 4.98 Å². The Morgan fingerprint density at radius 2 is 1.72 bits per heavy atom. The summed E-state index contributed by atoms with van der Waals surface area (Å²) in [6.45, 7) is 8.65. The molecule has 29 heavy (non-hydrogen) atoms. The van der Waals surface area contributed by atoms with Crippen LogP contribution in [0.15, 0.2) is 11.6 Å². The SMILES string of the molecule is CC(NC(=O)[C@H]1O[C@@H]2OC(C)(C)O[C@@H]2[C@H]2OC(C)(C)O[C@H]21)C(=O)Nc1nccs1. The lowest BCUT2D eigenvalue weighted by atomic mass is 9.98. The third kappa shape index (κ3) is 4.16. The number of fused-ring (bicyclic) bond motifs is 3. The minimum absolute atomic E-state index is 0.385. The van der Waals surface area contributed by atoms with Gasteiger partial charge in [0.15, 0.2) is 29.1 Å². The molecule has 4 heterocycles. The zero-order valence-electron chi connectivity index (χ0n) is 16.8. The molecule has 2 amide bonds. The maximum Gasteiger partial charge on any atom is 0.252 e. The van der Waals surface area contributed by atoms with E-state index in [0.717, 1.165) is 0 Å². The van der Waals surface area contributed by atoms with Crippen LogP contribution in [0.2, 0.25) is 0 Å². The van der Waals surface area contributed by atoms with Crippen LogP contribution in [0.1, 0.15) is 34.6 Å². The molecule has 0 aromatic carbocycles. The second-order valence-corrected chi connectivity index (χ2v) is 9.04. The highest BCUT2D eigenvalue weighted by Crippen LogP contribution is 2.44. The van der Waals surface area contributed by atoms with Gasteiger partial charge in [0, 0.05) is 11.6 Å². The quantitative estimate of drug-likeness (QED) is 0.730. The normalized spacial score (nSPS) is 35.4. The molecule has 0 bridgehead atoms. The zero-order valence-corrected chi connectivity index (χ0v) is 17.6. The minimum Gasteiger partial charge on any atom is -0.342 e. The lowest BCUT2D eigenvalue weighted by Crippen LogP contribution is -2.60. The molecule has 0 saturated carbocycles. The summed E-state index contributed by atoms with van der Waals surface area (Å²) in [6, 6.07) is -0.807. The van der Waals surface area contributed by atoms with Gasteiger partial charge in [0.05, 0.1) is 0 Å². The van der Waals surface area contributed by atoms with Crippen molar-refractivity contribution in [2.45, 2.75) is 82.9 Å². The van der Waals surface area contributed by atoms with Crippen LogP contribution in [0, 0.1) is 0 Å². The van der Waals surface area contributed by atoms with Gasteiger partial charge in [-0.15, -0.1) is 11.3 Å². The Labute approximate surface area is 172 Å². The monoisotopic (exact) mass is 427 g/mol. The van der Waals surface area contributed by atoms with E-state index in [9.17, 15) is 9.59 Å². The molecule has 3 aliphatic rings. The second-order valence-electron chi connectivity index (χ2n) is 8.15. The second kappa shape index (κ2) is 7.25. The van der Waals surface area contributed by atoms with Gasteiger partial charge < -0.3 is 34.3 Å². The van der Waals surface area contributed by atoms with Crippen LogP contribution in [0.4, 0.5) is 5.13 Å². The van der Waals surface area contributed by atoms with Gasteiger partial charge >= 0.3 is 0 Å². The van der Waals surface area contributed by atoms with Crippen molar-refractivity contribution in [3.8, 4) is 0 Å². The number of aromatic nitrogens is 1. The fraction of sp³-hybridized carbons (Fsp3) is 0.722. The number of anilines is 1. The first kappa shape index (κ1) is 20.6. The lowest BCUT2D eigenvalue weighted by Gasteiger charge is -2.36. The number of hydrogen-bond acceptors (Lipinski definition) is 9. The first-order chi connectivity index (χ1) is 13.5. The number of thiazole rings is 1. The zero-order chi connectivity index (χ0) is 21.0. The molecule has 160 valence electrons. The molecule has 4 rings (SSSR count). The van der Waals surface area contributed by atoms with E-state index in [2.05, 4.69) is 15.6 Å². The molecule has 11 heteroatoms. The molecule has 3 fully saturated rings. The van der Waals surface area contributed by atoms with E-state index in [-0.39, 0.29) is 5.91 Å². The fourth-order valence-electron chi connectivity index (χ4n) is 3.68. The first-order valence-corrected chi connectivity index (χ1v) is 10.3. The standard InChI is InChI=1S/C18H25N3O7S/c1-8(13(22)21-16-19-6-7-29-16)20-14(23)11-9-10(26-17(2,3)25-9)12-15(24-11)28-18(4,5)27-12/h6-12,15H,1-5H3,(H,20,23)(H,19,21,22)/t8?,9-,10+,11+,12-,15-/m1/s1. The Kier molecular flexibility index (Phi) is 5.16. The molecule has 3 saturated heterocycles. The van der Waals surface area contributed by atoms with E-state index < -0.39 is 54.2 Å². The van der Waals surface area contributed by atoms with Gasteiger partial charge in [0.25, 0.3) is 5.91 Å². The summed E-state index contributed by atoms with van der Waals surface area (Å²) in [6.07, 6.45) is -1.97. The number of carbonyl (C=O) groups excluding carboxylic acids is 2. The van der Waals surface area contributed by atoms with Gasteiger partial charge in [-0.05, 0) is 34.6 Å². The number of carbonyl (C=O) groups is 2. The van der Waals surface area contributed by atoms with Crippen molar-refractivity contribution in [3.05, 3.63) is 11.6 Å². The van der Waals surface area contributed by atoms with Gasteiger partial charge in [-0.1, -0.05) is 0 Å². The summed E-state index contributed by atoms with van der Waals surface area (Å²) in [7, 11) is 0. The Morgan fingerprint density at radius 1 is 1.07 bits per heavy atom. The predicted octanol–water partition coefficient (Wildman–Crippen LogP) is 0.983. The van der Waals surface area contributed by atoms with Crippen molar-refractivity contribution >= 4 is 28.3 Å². The number of nitrogens with zero attached hydrogens (tertiary/aromatic N) is 1. The maximum absolute atomic E-state index is 13.0. The van der Waals surface area contributed by atoms with Gasteiger partial charge in [-0.2, -0.15) is 0 Å². The molecule has 3 aliphatic heterocycles. The molecule has 0 spiro atoms. The van der Waals surface area contributed by atoms with E-state index in [1.54, 1.807) is 46.2 Å². The van der Waals surface area contributed by atoms with Crippen molar-refractivity contribution in [3.63, 3.8) is 0 Å². The van der Waals surface area contributed by atoms with Crippen LogP contribution >= 0.6 is 11.3 Å². The van der Waals surface area contributed by atoms with E-state index in [4.69, 9.17) is 23.7 Å². The summed E-state index contributed by atoms with van der Waals surface area (Å²) in [5.41, 5.74) is 0. The van der Waals surface area contributed by atoms with Crippen molar-refractivity contribution in [1.82, 2.24) is 10.3 Å². The van der Waals surface area contributed by atoms with E-state index in [0.29, 0.717) is 5.13 Å². The smallest absolute Gasteiger partial charge is 0.252 e. The Morgan fingerprint density at radius 3 is 2.41 bits per heavy atom. The van der Waals surface area contributed by atoms with Crippen molar-refractivity contribution in [2.75, 3.05) is 5.32 Å². The van der Waals surface area contributed by atoms with Crippen molar-refractivity contribution in [1.29, 1.82) is 0 Å². The van der Waals surface area contributed by atoms with Crippen LogP contribution in [0.5, 0.6) is 0 Å². The molecule has 6 atom stereocenters. The van der Waals surface area contributed by atoms with Gasteiger partial charge in [0.2, 0.25) is 5.91 Å². The van der Waals surface area contributed by atoms with Crippen LogP contribution in [-0.4, -0.2) is 65.1 Å². The van der Waals surface area contributed by atoms with E-state index in [1.165, 1.54) is 11.3 Å². The van der Waals surface area contributed by atoms with Gasteiger partial charge in [0.1, 0.15) is 24.4 Å². The molecular formula is C18H25N3O7S. The Bertz CT molecular complexity index is 784. The number of hydrogen-bond donors (Lipinski definition) is 2. The number of rotatable bonds is 4. The summed E-state index contributed by atoms with van der Waals surface area (Å²) in [5, 5.41) is 7.53. The maximum atomic E-state index is 13.0. The summed E-state index contributed by atoms with van der Waals surface area (Å²) >= 11 is 1.29. The minimum atomic E-state index is -1.02. The van der Waals surface area contributed by atoms with Crippen LogP contribution in [-0.2, 0) is 33.3 Å². The third-order valence-corrected chi connectivity index (χ3v) is 5.52. The Hall–Kier alpha value is -1.63. The third-order valence-electron chi connectivity index (χ3n) is 4.83. The number of amides is 2. The first-order valence-electron chi connectivity index (χ1n) is 9.42. The number of nitrogens with one attached hydrogen (secondary N) is 2. The highest BCUT2D eigenvalue weighted by atomic mass is 32.1. The van der Waals surface area contributed by atoms with E-state index >= 15 is 0 Å². The average Bonchev–Trinajstić information content (AvgIpc) is 3.29. The molecule has 1 unspecified atom stereocenters. The molecule has 1 aromatic heterocycles. The highest BCUT2D eigenvalue weighted by Gasteiger charge is 2.62. The summed E-state index contributed by atoms with van der Waals surface area (Å²) in [4.78, 5) is 29.3. The largest absolute Gasteiger partial charge is 0.342 e. The Balaban J connectivity index is 1.46. The fourth-order valence-corrected chi connectivity index (χ4v) is 4.22. The lowest BCUT2D eigenvalue weighted by molar-refractivity contribution is -0.231. The van der Waals surface area contributed by atoms with Gasteiger partial charge in [-0.3, -0.25) is 9.59 Å². The predicted molar refractivity (Wildman–Crippen MR) is 101 cm³/mol. The summed E-state index contributed by atoms with van der Waals surface area (Å²) in [5.74, 6) is -2.66. The molecule has 0 radical (unpaired) electrons. The van der Waals surface area contributed by atoms with E-state index in [1.807, 2.05) is 0 Å².